The van der Waals surface area contributed by atoms with E-state index in [1.807, 2.05) is 0 Å². The Kier molecular flexibility index (Phi) is 4.20. The summed E-state index contributed by atoms with van der Waals surface area (Å²) in [5.74, 6) is 0.327. The van der Waals surface area contributed by atoms with E-state index in [2.05, 4.69) is 9.97 Å². The first-order chi connectivity index (χ1) is 9.54. The van der Waals surface area contributed by atoms with Gasteiger partial charge >= 0.3 is 0 Å². The van der Waals surface area contributed by atoms with Crippen LogP contribution in [-0.4, -0.2) is 22.9 Å². The molecule has 2 rings (SSSR count). The number of hydrogen-bond acceptors (Lipinski definition) is 4. The van der Waals surface area contributed by atoms with Crippen LogP contribution in [0.3, 0.4) is 0 Å². The summed E-state index contributed by atoms with van der Waals surface area (Å²) >= 11 is 5.98. The van der Waals surface area contributed by atoms with Crippen molar-refractivity contribution in [3.05, 3.63) is 45.0 Å². The van der Waals surface area contributed by atoms with Gasteiger partial charge in [0.15, 0.2) is 6.29 Å². The second kappa shape index (κ2) is 5.88. The van der Waals surface area contributed by atoms with Gasteiger partial charge in [0.25, 0.3) is 0 Å². The predicted octanol–water partition coefficient (Wildman–Crippen LogP) is 2.28. The van der Waals surface area contributed by atoms with E-state index in [1.54, 1.807) is 26.0 Å². The SMILES string of the molecule is Cc1[nH]c(C)c(-c2ccc(OCC=O)nc2)c(=O)c1Cl. The molecule has 0 fully saturated rings. The first-order valence-electron chi connectivity index (χ1n) is 5.96. The summed E-state index contributed by atoms with van der Waals surface area (Å²) in [6.45, 7) is 3.49. The van der Waals surface area contributed by atoms with Crippen LogP contribution in [0.2, 0.25) is 5.02 Å². The summed E-state index contributed by atoms with van der Waals surface area (Å²) in [4.78, 5) is 29.5. The van der Waals surface area contributed by atoms with Gasteiger partial charge in [0.05, 0.1) is 5.56 Å². The maximum atomic E-state index is 12.2. The molecule has 0 amide bonds. The van der Waals surface area contributed by atoms with Crippen molar-refractivity contribution < 1.29 is 9.53 Å². The van der Waals surface area contributed by atoms with Gasteiger partial charge < -0.3 is 9.72 Å². The molecule has 0 radical (unpaired) electrons. The molecular weight excluding hydrogens is 280 g/mol. The second-order valence-electron chi connectivity index (χ2n) is 4.26. The van der Waals surface area contributed by atoms with Gasteiger partial charge in [-0.05, 0) is 19.9 Å². The molecule has 0 atom stereocenters. The first kappa shape index (κ1) is 14.3. The number of nitrogens with one attached hydrogen (secondary N) is 1. The molecule has 2 aromatic heterocycles. The molecule has 0 bridgehead atoms. The highest BCUT2D eigenvalue weighted by molar-refractivity contribution is 6.31. The zero-order chi connectivity index (χ0) is 14.7. The number of aromatic nitrogens is 2. The van der Waals surface area contributed by atoms with Crippen molar-refractivity contribution >= 4 is 17.9 Å². The molecular formula is C14H13ClN2O3. The fourth-order valence-electron chi connectivity index (χ4n) is 1.93. The molecule has 2 aromatic rings. The molecule has 0 aliphatic carbocycles. The van der Waals surface area contributed by atoms with Crippen molar-refractivity contribution in [1.29, 1.82) is 0 Å². The third kappa shape index (κ3) is 2.72. The van der Waals surface area contributed by atoms with Crippen molar-refractivity contribution in [3.8, 4) is 17.0 Å². The number of aromatic amines is 1. The van der Waals surface area contributed by atoms with E-state index in [9.17, 15) is 9.59 Å². The molecule has 5 nitrogen and oxygen atoms in total. The maximum absolute atomic E-state index is 12.2. The summed E-state index contributed by atoms with van der Waals surface area (Å²) < 4.78 is 5.06. The summed E-state index contributed by atoms with van der Waals surface area (Å²) in [6, 6.07) is 3.31. The second-order valence-corrected chi connectivity index (χ2v) is 4.63. The molecule has 20 heavy (non-hydrogen) atoms. The fourth-order valence-corrected chi connectivity index (χ4v) is 2.07. The Morgan fingerprint density at radius 2 is 2.10 bits per heavy atom. The standard InChI is InChI=1S/C14H13ClN2O3/c1-8-12(14(19)13(15)9(2)17-8)10-3-4-11(16-7-10)20-6-5-18/h3-5,7H,6H2,1-2H3,(H,17,19). The Morgan fingerprint density at radius 3 is 2.70 bits per heavy atom. The largest absolute Gasteiger partial charge is 0.470 e. The number of rotatable bonds is 4. The van der Waals surface area contributed by atoms with Crippen LogP contribution in [0.1, 0.15) is 11.4 Å². The van der Waals surface area contributed by atoms with E-state index >= 15 is 0 Å². The lowest BCUT2D eigenvalue weighted by Crippen LogP contribution is -2.11. The van der Waals surface area contributed by atoms with E-state index in [0.29, 0.717) is 29.0 Å². The third-order valence-electron chi connectivity index (χ3n) is 2.83. The molecule has 1 N–H and O–H groups in total. The molecule has 0 spiro atoms. The van der Waals surface area contributed by atoms with Crippen LogP contribution < -0.4 is 10.2 Å². The van der Waals surface area contributed by atoms with Crippen LogP contribution in [-0.2, 0) is 4.79 Å². The monoisotopic (exact) mass is 292 g/mol. The van der Waals surface area contributed by atoms with Crippen molar-refractivity contribution in [2.45, 2.75) is 13.8 Å². The number of ether oxygens (including phenoxy) is 1. The molecule has 2 heterocycles. The van der Waals surface area contributed by atoms with Gasteiger partial charge in [-0.3, -0.25) is 9.59 Å². The number of aryl methyl sites for hydroxylation is 2. The van der Waals surface area contributed by atoms with E-state index in [0.717, 1.165) is 5.69 Å². The molecule has 104 valence electrons. The lowest BCUT2D eigenvalue weighted by Gasteiger charge is -2.09. The third-order valence-corrected chi connectivity index (χ3v) is 3.29. The zero-order valence-corrected chi connectivity index (χ0v) is 11.8. The molecule has 0 saturated heterocycles. The molecule has 0 unspecified atom stereocenters. The fraction of sp³-hybridized carbons (Fsp3) is 0.214. The van der Waals surface area contributed by atoms with Crippen LogP contribution >= 0.6 is 11.6 Å². The Labute approximate surface area is 120 Å². The van der Waals surface area contributed by atoms with E-state index in [1.165, 1.54) is 6.20 Å². The maximum Gasteiger partial charge on any atom is 0.213 e. The van der Waals surface area contributed by atoms with Crippen LogP contribution in [0, 0.1) is 13.8 Å². The number of aldehydes is 1. The summed E-state index contributed by atoms with van der Waals surface area (Å²) in [6.07, 6.45) is 2.16. The summed E-state index contributed by atoms with van der Waals surface area (Å²) in [5.41, 5.74) is 2.25. The first-order valence-corrected chi connectivity index (χ1v) is 6.34. The van der Waals surface area contributed by atoms with Gasteiger partial charge in [0, 0.05) is 29.2 Å². The zero-order valence-electron chi connectivity index (χ0n) is 11.1. The smallest absolute Gasteiger partial charge is 0.213 e. The number of H-pyrrole nitrogens is 1. The number of hydrogen-bond donors (Lipinski definition) is 1. The van der Waals surface area contributed by atoms with Crippen molar-refractivity contribution in [3.63, 3.8) is 0 Å². The minimum absolute atomic E-state index is 0.0533. The van der Waals surface area contributed by atoms with Crippen molar-refractivity contribution in [2.75, 3.05) is 6.61 Å². The van der Waals surface area contributed by atoms with Gasteiger partial charge in [0.1, 0.15) is 11.6 Å². The quantitative estimate of drug-likeness (QED) is 0.878. The van der Waals surface area contributed by atoms with Crippen LogP contribution in [0.25, 0.3) is 11.1 Å². The van der Waals surface area contributed by atoms with Gasteiger partial charge in [0.2, 0.25) is 11.3 Å². The molecule has 6 heteroatoms. The van der Waals surface area contributed by atoms with E-state index < -0.39 is 0 Å². The van der Waals surface area contributed by atoms with Crippen LogP contribution in [0.5, 0.6) is 5.88 Å². The number of carbonyl (C=O) groups is 1. The Balaban J connectivity index is 2.44. The van der Waals surface area contributed by atoms with Crippen LogP contribution in [0.4, 0.5) is 0 Å². The van der Waals surface area contributed by atoms with Crippen molar-refractivity contribution in [2.24, 2.45) is 0 Å². The van der Waals surface area contributed by atoms with Gasteiger partial charge in [-0.2, -0.15) is 0 Å². The molecule has 0 aliphatic rings. The van der Waals surface area contributed by atoms with E-state index in [4.69, 9.17) is 16.3 Å². The van der Waals surface area contributed by atoms with Gasteiger partial charge in [-0.25, -0.2) is 4.98 Å². The molecule has 0 aromatic carbocycles. The highest BCUT2D eigenvalue weighted by Crippen LogP contribution is 2.22. The summed E-state index contributed by atoms with van der Waals surface area (Å²) in [5, 5.41) is 0.173. The van der Waals surface area contributed by atoms with Crippen molar-refractivity contribution in [1.82, 2.24) is 9.97 Å². The molecule has 0 saturated carbocycles. The highest BCUT2D eigenvalue weighted by Gasteiger charge is 2.13. The van der Waals surface area contributed by atoms with Gasteiger partial charge in [-0.1, -0.05) is 11.6 Å². The topological polar surface area (TPSA) is 72.1 Å². The predicted molar refractivity (Wildman–Crippen MR) is 76.3 cm³/mol. The Bertz CT molecular complexity index is 693. The van der Waals surface area contributed by atoms with Gasteiger partial charge in [-0.15, -0.1) is 0 Å². The molecule has 0 aliphatic heterocycles. The lowest BCUT2D eigenvalue weighted by atomic mass is 10.1. The number of nitrogens with zero attached hydrogens (tertiary/aromatic N) is 1. The number of carbonyl (C=O) groups excluding carboxylic acids is 1. The lowest BCUT2D eigenvalue weighted by molar-refractivity contribution is -0.109. The highest BCUT2D eigenvalue weighted by atomic mass is 35.5. The average molecular weight is 293 g/mol. The number of halogens is 1. The average Bonchev–Trinajstić information content (AvgIpc) is 2.44. The van der Waals surface area contributed by atoms with E-state index in [-0.39, 0.29) is 17.1 Å². The normalized spacial score (nSPS) is 10.3. The Hall–Kier alpha value is -2.14. The van der Waals surface area contributed by atoms with Crippen LogP contribution in [0.15, 0.2) is 23.1 Å². The summed E-state index contributed by atoms with van der Waals surface area (Å²) in [7, 11) is 0. The number of pyridine rings is 2. The minimum atomic E-state index is -0.233. The minimum Gasteiger partial charge on any atom is -0.470 e. The Morgan fingerprint density at radius 1 is 1.35 bits per heavy atom.